The minimum Gasteiger partial charge on any atom is -0.385 e. The molecular formula is C22H20F3N5O2. The predicted octanol–water partition coefficient (Wildman–Crippen LogP) is 3.97. The molecule has 10 heteroatoms. The fraction of sp³-hybridized carbons (Fsp3) is 0.364. The van der Waals surface area contributed by atoms with E-state index in [1.165, 1.54) is 10.5 Å². The molecule has 1 N–H and O–H groups in total. The van der Waals surface area contributed by atoms with Crippen LogP contribution < -0.4 is 0 Å². The summed E-state index contributed by atoms with van der Waals surface area (Å²) in [7, 11) is 0. The van der Waals surface area contributed by atoms with E-state index in [0.29, 0.717) is 59.9 Å². The zero-order chi connectivity index (χ0) is 22.7. The van der Waals surface area contributed by atoms with Crippen molar-refractivity contribution in [1.29, 1.82) is 0 Å². The van der Waals surface area contributed by atoms with Crippen LogP contribution in [0.4, 0.5) is 13.2 Å². The summed E-state index contributed by atoms with van der Waals surface area (Å²) in [4.78, 5) is 8.21. The molecule has 1 aliphatic heterocycles. The molecule has 0 aliphatic carbocycles. The van der Waals surface area contributed by atoms with Crippen LogP contribution in [0.1, 0.15) is 35.4 Å². The second kappa shape index (κ2) is 7.21. The molecule has 0 radical (unpaired) electrons. The van der Waals surface area contributed by atoms with Crippen LogP contribution in [0.3, 0.4) is 0 Å². The van der Waals surface area contributed by atoms with Crippen molar-refractivity contribution in [1.82, 2.24) is 24.6 Å². The van der Waals surface area contributed by atoms with Gasteiger partial charge in [-0.25, -0.2) is 9.97 Å². The van der Waals surface area contributed by atoms with Crippen molar-refractivity contribution < 1.29 is 23.0 Å². The maximum absolute atomic E-state index is 13.3. The number of nitrogens with zero attached hydrogens (tertiary/aromatic N) is 5. The highest BCUT2D eigenvalue weighted by Crippen LogP contribution is 2.36. The van der Waals surface area contributed by atoms with Crippen LogP contribution >= 0.6 is 0 Å². The van der Waals surface area contributed by atoms with Crippen LogP contribution in [0.15, 0.2) is 30.3 Å². The average molecular weight is 443 g/mol. The summed E-state index contributed by atoms with van der Waals surface area (Å²) in [5.41, 5.74) is 1.33. The molecule has 0 atom stereocenters. The first-order valence-corrected chi connectivity index (χ1v) is 10.2. The van der Waals surface area contributed by atoms with Crippen molar-refractivity contribution >= 4 is 16.8 Å². The summed E-state index contributed by atoms with van der Waals surface area (Å²) < 4.78 is 46.9. The normalized spacial score (nSPS) is 16.7. The van der Waals surface area contributed by atoms with Gasteiger partial charge < -0.3 is 9.84 Å². The molecule has 32 heavy (non-hydrogen) atoms. The summed E-state index contributed by atoms with van der Waals surface area (Å²) in [6.45, 7) is 4.50. The van der Waals surface area contributed by atoms with Crippen LogP contribution in [-0.4, -0.2) is 42.9 Å². The fourth-order valence-electron chi connectivity index (χ4n) is 4.13. The standard InChI is InChI=1S/C22H20F3N5O2/c1-12-3-4-14(21(31)7-9-32-10-8-21)11-15(12)19-29-28-18-13(2)26-16-5-6-17(22(23,24)25)27-20(16)30(18)19/h3-6,11,31H,7-10H2,1-2H3. The number of aliphatic hydroxyl groups is 1. The molecule has 0 amide bonds. The Labute approximate surface area is 180 Å². The quantitative estimate of drug-likeness (QED) is 0.505. The summed E-state index contributed by atoms with van der Waals surface area (Å²) in [5, 5.41) is 19.6. The number of hydrogen-bond acceptors (Lipinski definition) is 6. The maximum atomic E-state index is 13.3. The number of fused-ring (bicyclic) bond motifs is 3. The van der Waals surface area contributed by atoms with E-state index in [9.17, 15) is 18.3 Å². The molecule has 5 rings (SSSR count). The largest absolute Gasteiger partial charge is 0.433 e. The molecule has 0 spiro atoms. The number of aromatic nitrogens is 5. The topological polar surface area (TPSA) is 85.4 Å². The Hall–Kier alpha value is -3.11. The van der Waals surface area contributed by atoms with Gasteiger partial charge in [-0.3, -0.25) is 4.40 Å². The van der Waals surface area contributed by atoms with Crippen LogP contribution in [0.5, 0.6) is 0 Å². The molecule has 4 heterocycles. The molecule has 1 aromatic carbocycles. The predicted molar refractivity (Wildman–Crippen MR) is 110 cm³/mol. The van der Waals surface area contributed by atoms with Crippen LogP contribution in [0.25, 0.3) is 28.2 Å². The number of hydrogen-bond donors (Lipinski definition) is 1. The lowest BCUT2D eigenvalue weighted by atomic mass is 9.85. The number of pyridine rings is 1. The lowest BCUT2D eigenvalue weighted by molar-refractivity contribution is -0.141. The molecule has 0 saturated carbocycles. The SMILES string of the molecule is Cc1ccc(C2(O)CCOCC2)cc1-c1nnc2c(C)nc3ccc(C(F)(F)F)nc3n12. The third kappa shape index (κ3) is 3.30. The van der Waals surface area contributed by atoms with Crippen molar-refractivity contribution in [3.63, 3.8) is 0 Å². The smallest absolute Gasteiger partial charge is 0.385 e. The second-order valence-corrected chi connectivity index (χ2v) is 8.09. The minimum atomic E-state index is -4.60. The Morgan fingerprint density at radius 1 is 1.00 bits per heavy atom. The molecule has 4 aromatic rings. The van der Waals surface area contributed by atoms with E-state index in [2.05, 4.69) is 20.2 Å². The number of halogens is 3. The van der Waals surface area contributed by atoms with E-state index in [1.807, 2.05) is 25.1 Å². The summed E-state index contributed by atoms with van der Waals surface area (Å²) in [6.07, 6.45) is -3.68. The van der Waals surface area contributed by atoms with Gasteiger partial charge in [0.05, 0.1) is 11.3 Å². The average Bonchev–Trinajstić information content (AvgIpc) is 3.19. The van der Waals surface area contributed by atoms with E-state index in [4.69, 9.17) is 4.74 Å². The molecule has 0 unspecified atom stereocenters. The van der Waals surface area contributed by atoms with E-state index in [-0.39, 0.29) is 5.65 Å². The molecule has 1 saturated heterocycles. The Bertz CT molecular complexity index is 1340. The van der Waals surface area contributed by atoms with E-state index >= 15 is 0 Å². The third-order valence-corrected chi connectivity index (χ3v) is 5.97. The van der Waals surface area contributed by atoms with E-state index in [0.717, 1.165) is 11.6 Å². The van der Waals surface area contributed by atoms with Gasteiger partial charge in [0.15, 0.2) is 17.1 Å². The molecule has 1 fully saturated rings. The zero-order valence-corrected chi connectivity index (χ0v) is 17.4. The van der Waals surface area contributed by atoms with E-state index < -0.39 is 17.5 Å². The Morgan fingerprint density at radius 3 is 2.47 bits per heavy atom. The first kappa shape index (κ1) is 20.8. The van der Waals surface area contributed by atoms with Crippen LogP contribution in [-0.2, 0) is 16.5 Å². The summed E-state index contributed by atoms with van der Waals surface area (Å²) in [6, 6.07) is 7.77. The first-order chi connectivity index (χ1) is 15.2. The molecule has 166 valence electrons. The Kier molecular flexibility index (Phi) is 4.68. The van der Waals surface area contributed by atoms with Crippen molar-refractivity contribution in [2.75, 3.05) is 13.2 Å². The van der Waals surface area contributed by atoms with Crippen molar-refractivity contribution in [2.45, 2.75) is 38.5 Å². The molecular weight excluding hydrogens is 423 g/mol. The highest BCUT2D eigenvalue weighted by Gasteiger charge is 2.34. The first-order valence-electron chi connectivity index (χ1n) is 10.2. The van der Waals surface area contributed by atoms with Crippen molar-refractivity contribution in [2.24, 2.45) is 0 Å². The Morgan fingerprint density at radius 2 is 1.75 bits per heavy atom. The number of alkyl halides is 3. The number of ether oxygens (including phenoxy) is 1. The van der Waals surface area contributed by atoms with Gasteiger partial charge in [-0.15, -0.1) is 10.2 Å². The van der Waals surface area contributed by atoms with Gasteiger partial charge >= 0.3 is 6.18 Å². The van der Waals surface area contributed by atoms with Gasteiger partial charge in [0.2, 0.25) is 0 Å². The second-order valence-electron chi connectivity index (χ2n) is 8.09. The Balaban J connectivity index is 1.77. The van der Waals surface area contributed by atoms with Gasteiger partial charge in [-0.05, 0) is 43.2 Å². The van der Waals surface area contributed by atoms with Gasteiger partial charge in [-0.2, -0.15) is 13.2 Å². The van der Waals surface area contributed by atoms with Gasteiger partial charge in [0, 0.05) is 31.6 Å². The number of aryl methyl sites for hydroxylation is 2. The van der Waals surface area contributed by atoms with Crippen molar-refractivity contribution in [3.05, 3.63) is 52.8 Å². The summed E-state index contributed by atoms with van der Waals surface area (Å²) in [5.74, 6) is 0.345. The van der Waals surface area contributed by atoms with Gasteiger partial charge in [0.25, 0.3) is 0 Å². The zero-order valence-electron chi connectivity index (χ0n) is 17.4. The van der Waals surface area contributed by atoms with Crippen LogP contribution in [0.2, 0.25) is 0 Å². The maximum Gasteiger partial charge on any atom is 0.433 e. The third-order valence-electron chi connectivity index (χ3n) is 5.97. The minimum absolute atomic E-state index is 0.0232. The monoisotopic (exact) mass is 443 g/mol. The number of rotatable bonds is 2. The van der Waals surface area contributed by atoms with Crippen LogP contribution in [0, 0.1) is 13.8 Å². The fourth-order valence-corrected chi connectivity index (χ4v) is 4.13. The van der Waals surface area contributed by atoms with Gasteiger partial charge in [-0.1, -0.05) is 12.1 Å². The van der Waals surface area contributed by atoms with E-state index in [1.54, 1.807) is 6.92 Å². The highest BCUT2D eigenvalue weighted by molar-refractivity contribution is 5.78. The highest BCUT2D eigenvalue weighted by atomic mass is 19.4. The molecule has 1 aliphatic rings. The molecule has 3 aromatic heterocycles. The lowest BCUT2D eigenvalue weighted by Gasteiger charge is -2.33. The van der Waals surface area contributed by atoms with Crippen molar-refractivity contribution in [3.8, 4) is 11.4 Å². The molecule has 7 nitrogen and oxygen atoms in total. The summed E-state index contributed by atoms with van der Waals surface area (Å²) >= 11 is 0. The van der Waals surface area contributed by atoms with Gasteiger partial charge in [0.1, 0.15) is 11.2 Å². The molecule has 0 bridgehead atoms. The lowest BCUT2D eigenvalue weighted by Crippen LogP contribution is -2.33. The number of benzene rings is 1.